The molecule has 5 rings (SSSR count). The van der Waals surface area contributed by atoms with E-state index in [9.17, 15) is 0 Å². The highest BCUT2D eigenvalue weighted by molar-refractivity contribution is 7.98. The molecule has 3 heterocycles. The van der Waals surface area contributed by atoms with Crippen molar-refractivity contribution in [2.75, 3.05) is 6.61 Å². The van der Waals surface area contributed by atoms with Gasteiger partial charge in [0, 0.05) is 5.39 Å². The molecule has 0 aliphatic rings. The first kappa shape index (κ1) is 19.3. The van der Waals surface area contributed by atoms with Gasteiger partial charge >= 0.3 is 0 Å². The van der Waals surface area contributed by atoms with Crippen LogP contribution in [0.15, 0.2) is 80.9 Å². The molecule has 0 amide bonds. The number of hydrogen-bond acceptors (Lipinski definition) is 8. The van der Waals surface area contributed by atoms with Crippen LogP contribution in [0.25, 0.3) is 33.9 Å². The fourth-order valence-electron chi connectivity index (χ4n) is 3.16. The van der Waals surface area contributed by atoms with E-state index in [2.05, 4.69) is 15.1 Å². The van der Waals surface area contributed by atoms with Gasteiger partial charge in [-0.3, -0.25) is 0 Å². The first-order chi connectivity index (χ1) is 15.3. The summed E-state index contributed by atoms with van der Waals surface area (Å²) < 4.78 is 16.6. The average molecular weight is 430 g/mol. The van der Waals surface area contributed by atoms with Crippen LogP contribution in [0.1, 0.15) is 12.8 Å². The molecule has 0 aliphatic heterocycles. The zero-order valence-electron chi connectivity index (χ0n) is 16.7. The van der Waals surface area contributed by atoms with Crippen molar-refractivity contribution in [1.29, 1.82) is 0 Å². The van der Waals surface area contributed by atoms with Crippen LogP contribution >= 0.6 is 11.8 Å². The molecule has 154 valence electrons. The van der Waals surface area contributed by atoms with Crippen molar-refractivity contribution in [2.24, 2.45) is 0 Å². The second-order valence-electron chi connectivity index (χ2n) is 6.58. The van der Waals surface area contributed by atoms with E-state index in [1.807, 2.05) is 67.6 Å². The smallest absolute Gasteiger partial charge is 0.237 e. The highest BCUT2D eigenvalue weighted by atomic mass is 32.2. The van der Waals surface area contributed by atoms with E-state index in [0.717, 1.165) is 27.2 Å². The van der Waals surface area contributed by atoms with Crippen LogP contribution in [-0.2, 0) is 5.75 Å². The summed E-state index contributed by atoms with van der Waals surface area (Å²) in [4.78, 5) is 13.9. The Morgan fingerprint density at radius 3 is 2.65 bits per heavy atom. The summed E-state index contributed by atoms with van der Waals surface area (Å²) >= 11 is 1.52. The Kier molecular flexibility index (Phi) is 5.37. The number of benzene rings is 2. The maximum Gasteiger partial charge on any atom is 0.237 e. The van der Waals surface area contributed by atoms with Crippen LogP contribution in [-0.4, -0.2) is 26.7 Å². The lowest BCUT2D eigenvalue weighted by Crippen LogP contribution is -1.95. The fourth-order valence-corrected chi connectivity index (χ4v) is 4.02. The second kappa shape index (κ2) is 8.61. The zero-order chi connectivity index (χ0) is 21.0. The van der Waals surface area contributed by atoms with Crippen LogP contribution in [0.5, 0.6) is 5.75 Å². The van der Waals surface area contributed by atoms with Gasteiger partial charge in [-0.25, -0.2) is 9.97 Å². The Labute approximate surface area is 182 Å². The minimum absolute atomic E-state index is 0.475. The Morgan fingerprint density at radius 2 is 1.77 bits per heavy atom. The third-order valence-corrected chi connectivity index (χ3v) is 5.51. The molecule has 0 aliphatic carbocycles. The van der Waals surface area contributed by atoms with Gasteiger partial charge in [0.15, 0.2) is 11.6 Å². The highest BCUT2D eigenvalue weighted by Crippen LogP contribution is 2.32. The van der Waals surface area contributed by atoms with E-state index >= 15 is 0 Å². The standard InChI is InChI=1S/C23H18N4O3S/c1-2-28-18-11-6-4-9-16(18)21-25-20(30-27-21)14-31-23-15-8-3-5-10-17(15)24-22(26-23)19-12-7-13-29-19/h3-13H,2,14H2,1H3. The molecule has 3 aromatic heterocycles. The minimum atomic E-state index is 0.475. The molecule has 0 N–H and O–H groups in total. The number of fused-ring (bicyclic) bond motifs is 1. The van der Waals surface area contributed by atoms with Crippen molar-refractivity contribution in [3.8, 4) is 28.7 Å². The topological polar surface area (TPSA) is 87.1 Å². The van der Waals surface area contributed by atoms with Crippen LogP contribution in [0, 0.1) is 0 Å². The fraction of sp³-hybridized carbons (Fsp3) is 0.130. The molecule has 5 aromatic rings. The Hall–Kier alpha value is -3.65. The molecule has 0 radical (unpaired) electrons. The van der Waals surface area contributed by atoms with Crippen LogP contribution < -0.4 is 4.74 Å². The van der Waals surface area contributed by atoms with E-state index in [-0.39, 0.29) is 0 Å². The summed E-state index contributed by atoms with van der Waals surface area (Å²) in [7, 11) is 0. The van der Waals surface area contributed by atoms with E-state index in [1.165, 1.54) is 11.8 Å². The van der Waals surface area contributed by atoms with Crippen molar-refractivity contribution in [1.82, 2.24) is 20.1 Å². The first-order valence-electron chi connectivity index (χ1n) is 9.80. The molecule has 7 nitrogen and oxygen atoms in total. The first-order valence-corrected chi connectivity index (χ1v) is 10.8. The largest absolute Gasteiger partial charge is 0.493 e. The Morgan fingerprint density at radius 1 is 0.903 bits per heavy atom. The number of para-hydroxylation sites is 2. The summed E-state index contributed by atoms with van der Waals surface area (Å²) in [5, 5.41) is 5.92. The van der Waals surface area contributed by atoms with Crippen LogP contribution in [0.4, 0.5) is 0 Å². The van der Waals surface area contributed by atoms with Crippen molar-refractivity contribution >= 4 is 22.7 Å². The lowest BCUT2D eigenvalue weighted by atomic mass is 10.2. The minimum Gasteiger partial charge on any atom is -0.493 e. The molecule has 31 heavy (non-hydrogen) atoms. The van der Waals surface area contributed by atoms with Gasteiger partial charge in [0.05, 0.1) is 29.7 Å². The van der Waals surface area contributed by atoms with Gasteiger partial charge < -0.3 is 13.7 Å². The van der Waals surface area contributed by atoms with Gasteiger partial charge in [-0.1, -0.05) is 47.3 Å². The quantitative estimate of drug-likeness (QED) is 0.242. The van der Waals surface area contributed by atoms with Crippen molar-refractivity contribution in [3.63, 3.8) is 0 Å². The number of rotatable bonds is 7. The van der Waals surface area contributed by atoms with E-state index in [4.69, 9.17) is 18.7 Å². The summed E-state index contributed by atoms with van der Waals surface area (Å²) in [6, 6.07) is 19.2. The van der Waals surface area contributed by atoms with Crippen molar-refractivity contribution in [3.05, 3.63) is 72.8 Å². The third-order valence-electron chi connectivity index (χ3n) is 4.54. The van der Waals surface area contributed by atoms with Gasteiger partial charge in [0.1, 0.15) is 10.8 Å². The number of nitrogens with zero attached hydrogens (tertiary/aromatic N) is 4. The predicted octanol–water partition coefficient (Wildman–Crippen LogP) is 5.63. The second-order valence-corrected chi connectivity index (χ2v) is 7.54. The third kappa shape index (κ3) is 4.02. The molecular weight excluding hydrogens is 412 g/mol. The van der Waals surface area contributed by atoms with E-state index in [0.29, 0.717) is 35.7 Å². The number of furan rings is 1. The maximum absolute atomic E-state index is 5.67. The summed E-state index contributed by atoms with van der Waals surface area (Å²) in [6.45, 7) is 2.51. The van der Waals surface area contributed by atoms with E-state index in [1.54, 1.807) is 6.26 Å². The molecule has 0 fully saturated rings. The molecular formula is C23H18N4O3S. The number of ether oxygens (including phenoxy) is 1. The Bertz CT molecular complexity index is 1320. The molecule has 8 heteroatoms. The normalized spacial score (nSPS) is 11.1. The molecule has 0 spiro atoms. The summed E-state index contributed by atoms with van der Waals surface area (Å²) in [5.41, 5.74) is 1.65. The summed E-state index contributed by atoms with van der Waals surface area (Å²) in [5.74, 6) is 3.39. The SMILES string of the molecule is CCOc1ccccc1-c1noc(CSc2nc(-c3ccco3)nc3ccccc23)n1. The van der Waals surface area contributed by atoms with E-state index < -0.39 is 0 Å². The number of hydrogen-bond donors (Lipinski definition) is 0. The van der Waals surface area contributed by atoms with Gasteiger partial charge in [0.25, 0.3) is 0 Å². The molecule has 0 atom stereocenters. The lowest BCUT2D eigenvalue weighted by Gasteiger charge is -2.06. The predicted molar refractivity (Wildman–Crippen MR) is 118 cm³/mol. The summed E-state index contributed by atoms with van der Waals surface area (Å²) in [6.07, 6.45) is 1.61. The monoisotopic (exact) mass is 430 g/mol. The molecule has 0 saturated carbocycles. The zero-order valence-corrected chi connectivity index (χ0v) is 17.5. The van der Waals surface area contributed by atoms with Crippen molar-refractivity contribution in [2.45, 2.75) is 17.7 Å². The lowest BCUT2D eigenvalue weighted by molar-refractivity contribution is 0.341. The molecule has 0 unspecified atom stereocenters. The maximum atomic E-state index is 5.67. The molecule has 0 bridgehead atoms. The van der Waals surface area contributed by atoms with Gasteiger partial charge in [-0.05, 0) is 37.3 Å². The Balaban J connectivity index is 1.42. The van der Waals surface area contributed by atoms with Crippen LogP contribution in [0.2, 0.25) is 0 Å². The number of aromatic nitrogens is 4. The molecule has 0 saturated heterocycles. The van der Waals surface area contributed by atoms with Gasteiger partial charge in [-0.15, -0.1) is 0 Å². The number of thioether (sulfide) groups is 1. The average Bonchev–Trinajstić information content (AvgIpc) is 3.50. The van der Waals surface area contributed by atoms with Gasteiger partial charge in [0.2, 0.25) is 11.7 Å². The van der Waals surface area contributed by atoms with Crippen LogP contribution in [0.3, 0.4) is 0 Å². The van der Waals surface area contributed by atoms with Crippen molar-refractivity contribution < 1.29 is 13.7 Å². The highest BCUT2D eigenvalue weighted by Gasteiger charge is 2.16. The van der Waals surface area contributed by atoms with Gasteiger partial charge in [-0.2, -0.15) is 4.98 Å². The molecule has 2 aromatic carbocycles.